The van der Waals surface area contributed by atoms with Crippen molar-refractivity contribution in [1.82, 2.24) is 5.32 Å². The minimum Gasteiger partial charge on any atom is -0.388 e. The van der Waals surface area contributed by atoms with Gasteiger partial charge in [0.05, 0.1) is 11.4 Å². The van der Waals surface area contributed by atoms with Gasteiger partial charge in [0.2, 0.25) is 0 Å². The van der Waals surface area contributed by atoms with Gasteiger partial charge in [-0.3, -0.25) is 9.59 Å². The molecule has 0 aliphatic heterocycles. The maximum Gasteiger partial charge on any atom is 0.255 e. The first-order valence-electron chi connectivity index (χ1n) is 11.6. The summed E-state index contributed by atoms with van der Waals surface area (Å²) in [6.07, 6.45) is 9.42. The highest BCUT2D eigenvalue weighted by atomic mass is 16.1. The average molecular weight is 479 g/mol. The smallest absolute Gasteiger partial charge is 0.255 e. The van der Waals surface area contributed by atoms with Crippen LogP contribution in [0.25, 0.3) is 0 Å². The lowest BCUT2D eigenvalue weighted by molar-refractivity contribution is 0.0965. The summed E-state index contributed by atoms with van der Waals surface area (Å²) in [5, 5.41) is 14.3. The fraction of sp³-hybridized carbons (Fsp3) is 0.133. The Morgan fingerprint density at radius 3 is 2.03 bits per heavy atom. The van der Waals surface area contributed by atoms with Crippen LogP contribution in [0.2, 0.25) is 0 Å². The Labute approximate surface area is 212 Å². The molecule has 1 amide bonds. The SMILES string of the molecule is CC1=CC=C(NC(=O)c2ccc(N=Nc3ccc(C=O)cc3)cc2)CC=C1.CNc1ccc(C)cc1. The van der Waals surface area contributed by atoms with E-state index in [1.165, 1.54) is 11.3 Å². The van der Waals surface area contributed by atoms with Crippen molar-refractivity contribution in [2.24, 2.45) is 10.2 Å². The summed E-state index contributed by atoms with van der Waals surface area (Å²) in [7, 11) is 1.92. The zero-order valence-electron chi connectivity index (χ0n) is 20.7. The van der Waals surface area contributed by atoms with E-state index < -0.39 is 0 Å². The number of aldehydes is 1. The molecule has 0 aromatic heterocycles. The summed E-state index contributed by atoms with van der Waals surface area (Å²) in [6, 6.07) is 22.0. The average Bonchev–Trinajstić information content (AvgIpc) is 3.12. The van der Waals surface area contributed by atoms with Gasteiger partial charge in [-0.25, -0.2) is 0 Å². The van der Waals surface area contributed by atoms with Gasteiger partial charge < -0.3 is 10.6 Å². The van der Waals surface area contributed by atoms with Gasteiger partial charge in [-0.05, 0) is 80.6 Å². The number of allylic oxidation sites excluding steroid dienone is 5. The zero-order valence-corrected chi connectivity index (χ0v) is 20.7. The van der Waals surface area contributed by atoms with Crippen LogP contribution in [-0.2, 0) is 0 Å². The van der Waals surface area contributed by atoms with Crippen molar-refractivity contribution in [1.29, 1.82) is 0 Å². The van der Waals surface area contributed by atoms with Crippen LogP contribution in [0.3, 0.4) is 0 Å². The third-order valence-corrected chi connectivity index (χ3v) is 5.32. The van der Waals surface area contributed by atoms with Crippen molar-refractivity contribution in [3.05, 3.63) is 125 Å². The van der Waals surface area contributed by atoms with Crippen molar-refractivity contribution >= 4 is 29.3 Å². The Kier molecular flexibility index (Phi) is 9.65. The van der Waals surface area contributed by atoms with Crippen molar-refractivity contribution in [2.45, 2.75) is 20.3 Å². The van der Waals surface area contributed by atoms with Crippen LogP contribution in [0.1, 0.15) is 39.6 Å². The van der Waals surface area contributed by atoms with E-state index in [1.54, 1.807) is 48.5 Å². The van der Waals surface area contributed by atoms with Crippen LogP contribution in [0.4, 0.5) is 17.1 Å². The molecule has 4 rings (SSSR count). The number of nitrogens with one attached hydrogen (secondary N) is 2. The topological polar surface area (TPSA) is 82.9 Å². The summed E-state index contributed by atoms with van der Waals surface area (Å²) in [5.41, 5.74) is 6.91. The van der Waals surface area contributed by atoms with Crippen molar-refractivity contribution in [2.75, 3.05) is 12.4 Å². The molecule has 3 aromatic carbocycles. The molecule has 6 heteroatoms. The minimum atomic E-state index is -0.157. The Balaban J connectivity index is 0.000000338. The summed E-state index contributed by atoms with van der Waals surface area (Å²) in [5.74, 6) is -0.157. The quantitative estimate of drug-likeness (QED) is 0.285. The van der Waals surface area contributed by atoms with Crippen molar-refractivity contribution in [3.63, 3.8) is 0 Å². The molecule has 6 nitrogen and oxygen atoms in total. The predicted molar refractivity (Wildman–Crippen MR) is 146 cm³/mol. The van der Waals surface area contributed by atoms with E-state index in [4.69, 9.17) is 0 Å². The molecule has 1 aliphatic carbocycles. The van der Waals surface area contributed by atoms with E-state index in [0.717, 1.165) is 17.6 Å². The van der Waals surface area contributed by atoms with E-state index in [1.807, 2.05) is 38.3 Å². The van der Waals surface area contributed by atoms with Crippen LogP contribution < -0.4 is 10.6 Å². The number of hydrogen-bond acceptors (Lipinski definition) is 5. The monoisotopic (exact) mass is 478 g/mol. The van der Waals surface area contributed by atoms with Crippen LogP contribution in [0.15, 0.2) is 119 Å². The summed E-state index contributed by atoms with van der Waals surface area (Å²) < 4.78 is 0. The predicted octanol–water partition coefficient (Wildman–Crippen LogP) is 7.47. The van der Waals surface area contributed by atoms with E-state index in [9.17, 15) is 9.59 Å². The Morgan fingerprint density at radius 2 is 1.44 bits per heavy atom. The molecule has 182 valence electrons. The molecule has 0 atom stereocenters. The lowest BCUT2D eigenvalue weighted by atomic mass is 10.2. The largest absolute Gasteiger partial charge is 0.388 e. The number of carbonyl (C=O) groups is 2. The van der Waals surface area contributed by atoms with Crippen molar-refractivity contribution in [3.8, 4) is 0 Å². The normalized spacial score (nSPS) is 12.5. The van der Waals surface area contributed by atoms with Gasteiger partial charge in [0.25, 0.3) is 5.91 Å². The van der Waals surface area contributed by atoms with Gasteiger partial charge in [-0.1, -0.05) is 41.5 Å². The van der Waals surface area contributed by atoms with Gasteiger partial charge in [0.1, 0.15) is 6.29 Å². The first-order chi connectivity index (χ1) is 17.5. The zero-order chi connectivity index (χ0) is 25.8. The van der Waals surface area contributed by atoms with Crippen LogP contribution in [0, 0.1) is 6.92 Å². The minimum absolute atomic E-state index is 0.157. The van der Waals surface area contributed by atoms with Crippen LogP contribution >= 0.6 is 0 Å². The van der Waals surface area contributed by atoms with Gasteiger partial charge >= 0.3 is 0 Å². The summed E-state index contributed by atoms with van der Waals surface area (Å²) >= 11 is 0. The molecular weight excluding hydrogens is 448 g/mol. The van der Waals surface area contributed by atoms with E-state index in [-0.39, 0.29) is 5.91 Å². The molecule has 0 bridgehead atoms. The van der Waals surface area contributed by atoms with Crippen LogP contribution in [-0.4, -0.2) is 19.2 Å². The number of hydrogen-bond donors (Lipinski definition) is 2. The number of amides is 1. The Bertz CT molecular complexity index is 1280. The molecule has 0 saturated heterocycles. The lowest BCUT2D eigenvalue weighted by Gasteiger charge is -2.07. The second-order valence-electron chi connectivity index (χ2n) is 8.24. The third kappa shape index (κ3) is 8.33. The summed E-state index contributed by atoms with van der Waals surface area (Å²) in [6.45, 7) is 4.10. The van der Waals surface area contributed by atoms with Crippen molar-refractivity contribution < 1.29 is 9.59 Å². The standard InChI is InChI=1S/C22H19N3O2.C8H11N/c1-16-3-2-4-19(10-5-16)23-22(27)18-8-13-21(14-9-18)25-24-20-11-6-17(15-26)7-12-20;1-7-3-5-8(9-2)6-4-7/h2-3,5-15H,4H2,1H3,(H,23,27);3-6,9H,1-2H3. The molecular formula is C30H30N4O2. The molecule has 2 N–H and O–H groups in total. The highest BCUT2D eigenvalue weighted by molar-refractivity contribution is 5.95. The molecule has 1 aliphatic rings. The summed E-state index contributed by atoms with van der Waals surface area (Å²) in [4.78, 5) is 23.0. The van der Waals surface area contributed by atoms with E-state index in [0.29, 0.717) is 28.9 Å². The lowest BCUT2D eigenvalue weighted by Crippen LogP contribution is -2.22. The number of rotatable bonds is 6. The molecule has 0 spiro atoms. The Hall–Kier alpha value is -4.58. The molecule has 0 radical (unpaired) electrons. The second-order valence-corrected chi connectivity index (χ2v) is 8.24. The van der Waals surface area contributed by atoms with Crippen LogP contribution in [0.5, 0.6) is 0 Å². The first kappa shape index (κ1) is 26.0. The third-order valence-electron chi connectivity index (χ3n) is 5.32. The number of benzene rings is 3. The first-order valence-corrected chi connectivity index (χ1v) is 11.6. The second kappa shape index (κ2) is 13.3. The highest BCUT2D eigenvalue weighted by Crippen LogP contribution is 2.19. The maximum absolute atomic E-state index is 12.4. The molecule has 36 heavy (non-hydrogen) atoms. The van der Waals surface area contributed by atoms with Gasteiger partial charge in [0, 0.05) is 36.0 Å². The van der Waals surface area contributed by atoms with Gasteiger partial charge in [-0.2, -0.15) is 10.2 Å². The molecule has 0 fully saturated rings. The fourth-order valence-electron chi connectivity index (χ4n) is 3.17. The number of carbonyl (C=O) groups excluding carboxylic acids is 2. The maximum atomic E-state index is 12.4. The number of nitrogens with zero attached hydrogens (tertiary/aromatic N) is 2. The molecule has 0 heterocycles. The van der Waals surface area contributed by atoms with E-state index >= 15 is 0 Å². The highest BCUT2D eigenvalue weighted by Gasteiger charge is 2.07. The fourth-order valence-corrected chi connectivity index (χ4v) is 3.17. The number of anilines is 1. The molecule has 3 aromatic rings. The molecule has 0 unspecified atom stereocenters. The number of azo groups is 1. The van der Waals surface area contributed by atoms with Gasteiger partial charge in [0.15, 0.2) is 0 Å². The molecule has 0 saturated carbocycles. The van der Waals surface area contributed by atoms with E-state index in [2.05, 4.69) is 52.1 Å². The van der Waals surface area contributed by atoms with Gasteiger partial charge in [-0.15, -0.1) is 0 Å². The number of aryl methyl sites for hydroxylation is 1. The Morgan fingerprint density at radius 1 is 0.833 bits per heavy atom.